The minimum absolute atomic E-state index is 0.0355. The monoisotopic (exact) mass is 1560 g/mol. The molecule has 7 aromatic carbocycles. The number of anilines is 1. The summed E-state index contributed by atoms with van der Waals surface area (Å²) in [5, 5.41) is 10.8. The third kappa shape index (κ3) is 23.9. The van der Waals surface area contributed by atoms with Gasteiger partial charge in [0.1, 0.15) is 46.3 Å². The van der Waals surface area contributed by atoms with Gasteiger partial charge in [0, 0.05) is 36.1 Å². The third-order valence-corrected chi connectivity index (χ3v) is 19.7. The number of thiocarbonyl (C=S) groups is 3. The molecule has 0 aliphatic carbocycles. The van der Waals surface area contributed by atoms with E-state index >= 15 is 0 Å². The Morgan fingerprint density at radius 2 is 1.01 bits per heavy atom. The summed E-state index contributed by atoms with van der Waals surface area (Å²) in [6.07, 6.45) is 8.06. The highest BCUT2D eigenvalue weighted by Crippen LogP contribution is 2.42. The number of amides is 4. The van der Waals surface area contributed by atoms with Crippen LogP contribution in [0.3, 0.4) is 0 Å². The molecule has 536 valence electrons. The lowest BCUT2D eigenvalue weighted by atomic mass is 10.1. The van der Waals surface area contributed by atoms with Crippen LogP contribution in [-0.4, -0.2) is 137 Å². The molecular formula is C75H69Cl2N3O16S7. The van der Waals surface area contributed by atoms with Crippen LogP contribution in [0, 0.1) is 0 Å². The first-order valence-electron chi connectivity index (χ1n) is 31.7. The smallest absolute Gasteiger partial charge is 0.343 e. The summed E-state index contributed by atoms with van der Waals surface area (Å²) in [6, 6.07) is 47.1. The predicted octanol–water partition coefficient (Wildman–Crippen LogP) is 17.1. The Bertz CT molecular complexity index is 4390. The first-order valence-corrected chi connectivity index (χ1v) is 36.9. The fraction of sp³-hybridized carbons (Fsp3) is 0.213. The van der Waals surface area contributed by atoms with Gasteiger partial charge in [0.2, 0.25) is 0 Å². The minimum Gasteiger partial charge on any atom is -0.504 e. The van der Waals surface area contributed by atoms with Gasteiger partial charge in [0.25, 0.3) is 23.0 Å². The summed E-state index contributed by atoms with van der Waals surface area (Å²) < 4.78 is 50.9. The van der Waals surface area contributed by atoms with Gasteiger partial charge in [-0.1, -0.05) is 150 Å². The molecule has 0 aromatic heterocycles. The zero-order valence-corrected chi connectivity index (χ0v) is 63.6. The van der Waals surface area contributed by atoms with Crippen molar-refractivity contribution in [1.82, 2.24) is 9.80 Å². The van der Waals surface area contributed by atoms with Gasteiger partial charge in [-0.3, -0.25) is 38.7 Å². The number of hydrogen-bond acceptors (Lipinski definition) is 23. The van der Waals surface area contributed by atoms with E-state index < -0.39 is 5.97 Å². The SMILES string of the molecule is CCOc1cc(C=C2SC(=O)N(C)C2=O)ccc1OCC(=O)OC.CCOc1cc(C=C2SC(=S)N(c3ccccc3OCC)C2=O)ccc1O.CN1C(=O)/C(=C/c2ccc(OCCCOc3ccc(Cl)cc3)cc2)SC1=S.O=C1CC(=S)SC1=Cc1cc(Cl)ccc1OCCOc1ccccc1. The molecule has 4 amide bonds. The van der Waals surface area contributed by atoms with Crippen molar-refractivity contribution in [3.63, 3.8) is 0 Å². The zero-order chi connectivity index (χ0) is 74.0. The Labute approximate surface area is 639 Å². The summed E-state index contributed by atoms with van der Waals surface area (Å²) in [5.41, 5.74) is 3.75. The molecule has 0 spiro atoms. The molecule has 103 heavy (non-hydrogen) atoms. The zero-order valence-electron chi connectivity index (χ0n) is 56.4. The molecule has 0 atom stereocenters. The molecule has 0 unspecified atom stereocenters. The number of thioether (sulfide) groups is 4. The number of nitrogens with zero attached hydrogens (tertiary/aromatic N) is 3. The van der Waals surface area contributed by atoms with E-state index in [0.29, 0.717) is 135 Å². The second kappa shape index (κ2) is 40.3. The Kier molecular flexibility index (Phi) is 31.2. The highest BCUT2D eigenvalue weighted by atomic mass is 35.5. The molecule has 4 fully saturated rings. The van der Waals surface area contributed by atoms with Crippen molar-refractivity contribution in [3.05, 3.63) is 210 Å². The molecule has 4 heterocycles. The number of phenolic OH excluding ortho intramolecular Hbond substituents is 1. The topological polar surface area (TPSA) is 215 Å². The number of methoxy groups -OCH3 is 1. The van der Waals surface area contributed by atoms with Crippen molar-refractivity contribution in [2.75, 3.05) is 79.0 Å². The van der Waals surface area contributed by atoms with Gasteiger partial charge in [0.15, 0.2) is 39.7 Å². The lowest BCUT2D eigenvalue weighted by Gasteiger charge is -2.18. The van der Waals surface area contributed by atoms with Gasteiger partial charge in [-0.25, -0.2) is 4.79 Å². The van der Waals surface area contributed by atoms with Gasteiger partial charge < -0.3 is 47.7 Å². The number of carbonyl (C=O) groups excluding carboxylic acids is 6. The van der Waals surface area contributed by atoms with Crippen molar-refractivity contribution < 1.29 is 76.5 Å². The number of benzene rings is 7. The van der Waals surface area contributed by atoms with Crippen LogP contribution in [0.25, 0.3) is 24.3 Å². The molecular weight excluding hydrogens is 1490 g/mol. The van der Waals surface area contributed by atoms with Crippen LogP contribution in [-0.2, 0) is 28.7 Å². The van der Waals surface area contributed by atoms with Crippen LogP contribution < -0.4 is 42.8 Å². The number of hydrogen-bond donors (Lipinski definition) is 1. The van der Waals surface area contributed by atoms with E-state index in [-0.39, 0.29) is 41.1 Å². The number of esters is 1. The highest BCUT2D eigenvalue weighted by molar-refractivity contribution is 8.28. The van der Waals surface area contributed by atoms with E-state index in [2.05, 4.69) is 4.74 Å². The van der Waals surface area contributed by atoms with E-state index in [1.54, 1.807) is 92.0 Å². The summed E-state index contributed by atoms with van der Waals surface area (Å²) in [5.74, 6) is 3.83. The molecule has 7 aromatic rings. The summed E-state index contributed by atoms with van der Waals surface area (Å²) in [4.78, 5) is 77.7. The molecule has 19 nitrogen and oxygen atoms in total. The number of para-hydroxylation sites is 3. The number of ether oxygens (including phenoxy) is 9. The number of halogens is 2. The van der Waals surface area contributed by atoms with Crippen LogP contribution in [0.5, 0.6) is 51.7 Å². The van der Waals surface area contributed by atoms with Crippen LogP contribution in [0.2, 0.25) is 10.0 Å². The second-order valence-electron chi connectivity index (χ2n) is 21.4. The predicted molar refractivity (Wildman–Crippen MR) is 423 cm³/mol. The largest absolute Gasteiger partial charge is 0.504 e. The Balaban J connectivity index is 0.000000174. The Morgan fingerprint density at radius 3 is 1.63 bits per heavy atom. The van der Waals surface area contributed by atoms with Gasteiger partial charge in [-0.15, -0.1) is 0 Å². The van der Waals surface area contributed by atoms with Gasteiger partial charge in [-0.05, 0) is 177 Å². The average molecular weight is 1560 g/mol. The molecule has 0 radical (unpaired) electrons. The molecule has 4 saturated heterocycles. The Morgan fingerprint density at radius 1 is 0.485 bits per heavy atom. The number of carbonyl (C=O) groups is 6. The first kappa shape index (κ1) is 79.9. The van der Waals surface area contributed by atoms with Crippen molar-refractivity contribution in [2.45, 2.75) is 33.6 Å². The number of allylic oxidation sites excluding steroid dienone is 1. The number of ketones is 1. The molecule has 4 aliphatic rings. The summed E-state index contributed by atoms with van der Waals surface area (Å²) in [6.45, 7) is 8.58. The molecule has 0 bridgehead atoms. The minimum atomic E-state index is -0.502. The van der Waals surface area contributed by atoms with Gasteiger partial charge in [0.05, 0.1) is 76.1 Å². The number of rotatable bonds is 25. The Hall–Kier alpha value is -8.83. The summed E-state index contributed by atoms with van der Waals surface area (Å²) in [7, 11) is 4.40. The number of phenols is 1. The lowest BCUT2D eigenvalue weighted by molar-refractivity contribution is -0.143. The normalized spacial score (nSPS) is 15.6. The fourth-order valence-corrected chi connectivity index (χ4v) is 14.0. The van der Waals surface area contributed by atoms with Crippen LogP contribution in [0.15, 0.2) is 177 Å². The third-order valence-electron chi connectivity index (χ3n) is 14.1. The van der Waals surface area contributed by atoms with E-state index in [0.717, 1.165) is 57.0 Å². The first-order chi connectivity index (χ1) is 49.6. The average Bonchev–Trinajstić information content (AvgIpc) is 1.70. The van der Waals surface area contributed by atoms with E-state index in [9.17, 15) is 33.9 Å². The maximum Gasteiger partial charge on any atom is 0.343 e. The lowest BCUT2D eigenvalue weighted by Crippen LogP contribution is -2.28. The van der Waals surface area contributed by atoms with E-state index in [4.69, 9.17) is 97.8 Å². The summed E-state index contributed by atoms with van der Waals surface area (Å²) >= 11 is 32.3. The number of likely N-dealkylation sites (N-methyl/N-ethyl adjacent to an activating group) is 2. The van der Waals surface area contributed by atoms with Crippen LogP contribution >= 0.6 is 107 Å². The van der Waals surface area contributed by atoms with E-state index in [1.807, 2.05) is 118 Å². The number of imide groups is 1. The van der Waals surface area contributed by atoms with Crippen molar-refractivity contribution in [3.8, 4) is 51.7 Å². The number of Topliss-reactive ketones (excluding diaryl/α,β-unsaturated/α-hetero) is 1. The van der Waals surface area contributed by atoms with E-state index in [1.165, 1.54) is 59.2 Å². The van der Waals surface area contributed by atoms with Crippen LogP contribution in [0.1, 0.15) is 55.9 Å². The van der Waals surface area contributed by atoms with Gasteiger partial charge >= 0.3 is 5.97 Å². The molecule has 4 aliphatic heterocycles. The van der Waals surface area contributed by atoms with Crippen molar-refractivity contribution >= 4 is 184 Å². The molecule has 11 rings (SSSR count). The molecule has 0 saturated carbocycles. The molecule has 1 N–H and O–H groups in total. The maximum atomic E-state index is 13.0. The van der Waals surface area contributed by atoms with Crippen LogP contribution in [0.4, 0.5) is 10.5 Å². The number of aromatic hydroxyl groups is 1. The quantitative estimate of drug-likeness (QED) is 0.0244. The molecule has 28 heteroatoms. The van der Waals surface area contributed by atoms with Crippen molar-refractivity contribution in [1.29, 1.82) is 0 Å². The standard InChI is InChI=1S/C20H18ClNO3S2.C20H19NO4S2.C19H15ClO3S2.C16H17NO6S/c1-22-19(23)18(27-20(22)26)13-14-3-7-16(8-4-14)24-11-2-12-25-17-9-5-15(21)6-10-17;1-3-24-16-8-6-5-7-14(16)21-19(23)18(27-20(21)26)12-13-9-10-15(22)17(11-13)25-4-2;20-14-6-7-17(23-9-8-22-15-4-2-1-3-5-15)13(10-14)11-18-16(21)12-19(24)25-18;1-4-22-12-7-10(5-6-11(12)23-9-14(18)21-3)8-13-15(19)17(2)16(20)24-13/h3-10,13H,2,11-12H2,1H3;5-12,22H,3-4H2,1-2H3;1-7,10-11H,8-9,12H2;5-8H,4,9H2,1-3H3/b18-13-;;;. The van der Waals surface area contributed by atoms with Gasteiger partial charge in [-0.2, -0.15) is 0 Å². The highest BCUT2D eigenvalue weighted by Gasteiger charge is 2.36. The fourth-order valence-electron chi connectivity index (χ4n) is 9.14. The maximum absolute atomic E-state index is 13.0. The second-order valence-corrected chi connectivity index (χ2v) is 28.5. The van der Waals surface area contributed by atoms with Crippen molar-refractivity contribution in [2.24, 2.45) is 0 Å².